The zero-order valence-electron chi connectivity index (χ0n) is 13.0. The number of halogens is 2. The lowest BCUT2D eigenvalue weighted by atomic mass is 10.1. The molecular formula is C20H13F2NOS. The summed E-state index contributed by atoms with van der Waals surface area (Å²) in [6.45, 7) is 0. The van der Waals surface area contributed by atoms with Crippen LogP contribution in [0.25, 0.3) is 0 Å². The van der Waals surface area contributed by atoms with E-state index in [1.807, 2.05) is 12.1 Å². The van der Waals surface area contributed by atoms with E-state index in [1.54, 1.807) is 36.4 Å². The first-order valence-electron chi connectivity index (χ1n) is 7.74. The molecule has 0 saturated carbocycles. The van der Waals surface area contributed by atoms with E-state index in [4.69, 9.17) is 0 Å². The number of fused-ring (bicyclic) bond motifs is 1. The van der Waals surface area contributed by atoms with Gasteiger partial charge in [-0.2, -0.15) is 0 Å². The van der Waals surface area contributed by atoms with Gasteiger partial charge in [0, 0.05) is 10.6 Å². The maximum atomic E-state index is 13.7. The normalized spacial score (nSPS) is 16.6. The molecule has 124 valence electrons. The first kappa shape index (κ1) is 15.8. The zero-order chi connectivity index (χ0) is 17.4. The molecule has 0 fully saturated rings. The highest BCUT2D eigenvalue weighted by Crippen LogP contribution is 2.46. The minimum absolute atomic E-state index is 0.228. The van der Waals surface area contributed by atoms with Gasteiger partial charge >= 0.3 is 0 Å². The van der Waals surface area contributed by atoms with Gasteiger partial charge in [-0.25, -0.2) is 8.78 Å². The Labute approximate surface area is 148 Å². The second-order valence-corrected chi connectivity index (χ2v) is 6.80. The van der Waals surface area contributed by atoms with Gasteiger partial charge in [-0.1, -0.05) is 42.1 Å². The number of anilines is 1. The van der Waals surface area contributed by atoms with E-state index >= 15 is 0 Å². The second kappa shape index (κ2) is 6.33. The van der Waals surface area contributed by atoms with E-state index < -0.39 is 11.2 Å². The summed E-state index contributed by atoms with van der Waals surface area (Å²) in [7, 11) is 0. The molecule has 1 atom stereocenters. The minimum atomic E-state index is -0.472. The monoisotopic (exact) mass is 353 g/mol. The quantitative estimate of drug-likeness (QED) is 0.613. The van der Waals surface area contributed by atoms with Crippen molar-refractivity contribution in [3.8, 4) is 0 Å². The van der Waals surface area contributed by atoms with Crippen LogP contribution in [0.1, 0.15) is 21.3 Å². The first-order valence-corrected chi connectivity index (χ1v) is 8.62. The molecule has 0 aromatic heterocycles. The first-order chi connectivity index (χ1) is 12.1. The van der Waals surface area contributed by atoms with Gasteiger partial charge in [0.25, 0.3) is 5.91 Å². The van der Waals surface area contributed by atoms with Crippen LogP contribution in [0.4, 0.5) is 14.5 Å². The number of nitrogens with zero attached hydrogens (tertiary/aromatic N) is 1. The van der Waals surface area contributed by atoms with E-state index in [2.05, 4.69) is 0 Å². The van der Waals surface area contributed by atoms with Crippen LogP contribution in [0.15, 0.2) is 77.7 Å². The van der Waals surface area contributed by atoms with Crippen LogP contribution in [-0.2, 0) is 0 Å². The molecule has 3 aromatic carbocycles. The summed E-state index contributed by atoms with van der Waals surface area (Å²) in [5, 5.41) is -0.472. The molecule has 1 heterocycles. The molecule has 3 aromatic rings. The Hall–Kier alpha value is -2.66. The van der Waals surface area contributed by atoms with E-state index in [-0.39, 0.29) is 11.7 Å². The Morgan fingerprint density at radius 3 is 2.32 bits per heavy atom. The predicted octanol–water partition coefficient (Wildman–Crippen LogP) is 5.42. The highest BCUT2D eigenvalue weighted by Gasteiger charge is 2.35. The zero-order valence-corrected chi connectivity index (χ0v) is 13.8. The molecule has 1 unspecified atom stereocenters. The Morgan fingerprint density at radius 1 is 0.840 bits per heavy atom. The van der Waals surface area contributed by atoms with Crippen molar-refractivity contribution in [3.63, 3.8) is 0 Å². The molecule has 5 heteroatoms. The number of benzene rings is 3. The largest absolute Gasteiger partial charge is 0.291 e. The molecular weight excluding hydrogens is 340 g/mol. The predicted molar refractivity (Wildman–Crippen MR) is 94.6 cm³/mol. The van der Waals surface area contributed by atoms with Crippen LogP contribution in [0.2, 0.25) is 0 Å². The summed E-state index contributed by atoms with van der Waals surface area (Å²) in [6.07, 6.45) is 0. The molecule has 0 bridgehead atoms. The minimum Gasteiger partial charge on any atom is -0.291 e. The summed E-state index contributed by atoms with van der Waals surface area (Å²) in [6, 6.07) is 19.3. The van der Waals surface area contributed by atoms with Crippen molar-refractivity contribution in [1.82, 2.24) is 0 Å². The van der Waals surface area contributed by atoms with Crippen LogP contribution in [-0.4, -0.2) is 5.91 Å². The Balaban J connectivity index is 1.88. The standard InChI is InChI=1S/C20H13F2NOS/c21-14-6-3-5-13(11-14)20-23(16-8-4-7-15(22)12-16)19(24)17-9-1-2-10-18(17)25-20/h1-12,20H. The van der Waals surface area contributed by atoms with Gasteiger partial charge in [0.05, 0.1) is 5.56 Å². The Morgan fingerprint density at radius 2 is 1.56 bits per heavy atom. The van der Waals surface area contributed by atoms with Gasteiger partial charge in [0.2, 0.25) is 0 Å². The molecule has 0 aliphatic carbocycles. The van der Waals surface area contributed by atoms with Crippen LogP contribution < -0.4 is 4.90 Å². The fourth-order valence-corrected chi connectivity index (χ4v) is 4.20. The van der Waals surface area contributed by atoms with E-state index in [0.717, 1.165) is 4.90 Å². The van der Waals surface area contributed by atoms with Gasteiger partial charge < -0.3 is 0 Å². The number of hydrogen-bond acceptors (Lipinski definition) is 2. The van der Waals surface area contributed by atoms with Crippen molar-refractivity contribution < 1.29 is 13.6 Å². The van der Waals surface area contributed by atoms with Crippen LogP contribution in [0.5, 0.6) is 0 Å². The maximum absolute atomic E-state index is 13.7. The van der Waals surface area contributed by atoms with Crippen molar-refractivity contribution >= 4 is 23.4 Å². The number of carbonyl (C=O) groups is 1. The highest BCUT2D eigenvalue weighted by molar-refractivity contribution is 7.99. The van der Waals surface area contributed by atoms with Gasteiger partial charge in [-0.15, -0.1) is 0 Å². The molecule has 2 nitrogen and oxygen atoms in total. The summed E-state index contributed by atoms with van der Waals surface area (Å²) < 4.78 is 27.5. The average molecular weight is 353 g/mol. The van der Waals surface area contributed by atoms with E-state index in [1.165, 1.54) is 40.9 Å². The summed E-state index contributed by atoms with van der Waals surface area (Å²) in [5.41, 5.74) is 1.66. The molecule has 1 aliphatic rings. The number of rotatable bonds is 2. The van der Waals surface area contributed by atoms with E-state index in [9.17, 15) is 13.6 Å². The molecule has 25 heavy (non-hydrogen) atoms. The third kappa shape index (κ3) is 2.91. The van der Waals surface area contributed by atoms with Crippen molar-refractivity contribution in [3.05, 3.63) is 95.6 Å². The molecule has 0 saturated heterocycles. The maximum Gasteiger partial charge on any atom is 0.260 e. The third-order valence-electron chi connectivity index (χ3n) is 4.03. The molecule has 0 spiro atoms. The van der Waals surface area contributed by atoms with Gasteiger partial charge in [0.1, 0.15) is 17.0 Å². The molecule has 4 rings (SSSR count). The SMILES string of the molecule is O=C1c2ccccc2SC(c2cccc(F)c2)N1c1cccc(F)c1. The summed E-state index contributed by atoms with van der Waals surface area (Å²) in [5.74, 6) is -1.02. The lowest BCUT2D eigenvalue weighted by molar-refractivity contribution is 0.0979. The third-order valence-corrected chi connectivity index (χ3v) is 5.35. The van der Waals surface area contributed by atoms with Crippen molar-refractivity contribution in [2.45, 2.75) is 10.3 Å². The number of carbonyl (C=O) groups excluding carboxylic acids is 1. The molecule has 1 aliphatic heterocycles. The van der Waals surface area contributed by atoms with Crippen molar-refractivity contribution in [2.75, 3.05) is 4.90 Å². The summed E-state index contributed by atoms with van der Waals surface area (Å²) in [4.78, 5) is 15.4. The van der Waals surface area contributed by atoms with Gasteiger partial charge in [-0.3, -0.25) is 9.69 Å². The van der Waals surface area contributed by atoms with Crippen LogP contribution >= 0.6 is 11.8 Å². The average Bonchev–Trinajstić information content (AvgIpc) is 2.61. The van der Waals surface area contributed by atoms with Gasteiger partial charge in [-0.05, 0) is 48.0 Å². The number of hydrogen-bond donors (Lipinski definition) is 0. The lowest BCUT2D eigenvalue weighted by Crippen LogP contribution is -2.36. The lowest BCUT2D eigenvalue weighted by Gasteiger charge is -2.36. The fourth-order valence-electron chi connectivity index (χ4n) is 2.91. The van der Waals surface area contributed by atoms with Crippen LogP contribution in [0.3, 0.4) is 0 Å². The van der Waals surface area contributed by atoms with Gasteiger partial charge in [0.15, 0.2) is 0 Å². The van der Waals surface area contributed by atoms with Crippen molar-refractivity contribution in [2.24, 2.45) is 0 Å². The van der Waals surface area contributed by atoms with Crippen LogP contribution in [0, 0.1) is 11.6 Å². The van der Waals surface area contributed by atoms with Crippen molar-refractivity contribution in [1.29, 1.82) is 0 Å². The highest BCUT2D eigenvalue weighted by atomic mass is 32.2. The number of amides is 1. The molecule has 1 amide bonds. The Kier molecular flexibility index (Phi) is 4.01. The Bertz CT molecular complexity index is 960. The molecule has 0 N–H and O–H groups in total. The number of thioether (sulfide) groups is 1. The smallest absolute Gasteiger partial charge is 0.260 e. The summed E-state index contributed by atoms with van der Waals surface area (Å²) >= 11 is 1.45. The fraction of sp³-hybridized carbons (Fsp3) is 0.0500. The molecule has 0 radical (unpaired) electrons. The second-order valence-electron chi connectivity index (χ2n) is 5.68. The topological polar surface area (TPSA) is 20.3 Å². The van der Waals surface area contributed by atoms with E-state index in [0.29, 0.717) is 16.8 Å².